The second-order valence-corrected chi connectivity index (χ2v) is 14.7. The summed E-state index contributed by atoms with van der Waals surface area (Å²) in [6.45, 7) is 0. The van der Waals surface area contributed by atoms with Crippen LogP contribution in [0.25, 0.3) is 33.4 Å². The predicted octanol–water partition coefficient (Wildman–Crippen LogP) is 13.7. The molecular formula is C53H41N. The highest BCUT2D eigenvalue weighted by Crippen LogP contribution is 2.57. The molecule has 0 fully saturated rings. The van der Waals surface area contributed by atoms with E-state index < -0.39 is 5.41 Å². The van der Waals surface area contributed by atoms with Crippen molar-refractivity contribution < 1.29 is 0 Å². The van der Waals surface area contributed by atoms with Crippen molar-refractivity contribution in [1.29, 1.82) is 0 Å². The van der Waals surface area contributed by atoms with Gasteiger partial charge >= 0.3 is 0 Å². The molecule has 0 aliphatic heterocycles. The lowest BCUT2D eigenvalue weighted by Gasteiger charge is -2.35. The van der Waals surface area contributed by atoms with Crippen LogP contribution in [0.1, 0.15) is 46.2 Å². The van der Waals surface area contributed by atoms with Crippen molar-refractivity contribution in [2.24, 2.45) is 0 Å². The molecule has 0 bridgehead atoms. The quantitative estimate of drug-likeness (QED) is 0.161. The van der Waals surface area contributed by atoms with Crippen LogP contribution >= 0.6 is 0 Å². The van der Waals surface area contributed by atoms with Crippen LogP contribution in [0, 0.1) is 0 Å². The fraction of sp³-hybridized carbons (Fsp3) is 0.0943. The first-order valence-electron chi connectivity index (χ1n) is 19.3. The summed E-state index contributed by atoms with van der Waals surface area (Å²) in [4.78, 5) is 2.43. The number of aryl methyl sites for hydroxylation is 2. The van der Waals surface area contributed by atoms with Gasteiger partial charge in [-0.2, -0.15) is 0 Å². The highest BCUT2D eigenvalue weighted by molar-refractivity contribution is 5.90. The third-order valence-corrected chi connectivity index (χ3v) is 11.7. The molecule has 0 unspecified atom stereocenters. The molecule has 0 atom stereocenters. The van der Waals surface area contributed by atoms with E-state index in [-0.39, 0.29) is 0 Å². The zero-order valence-corrected chi connectivity index (χ0v) is 30.3. The minimum absolute atomic E-state index is 0.469. The van der Waals surface area contributed by atoms with Crippen LogP contribution < -0.4 is 4.90 Å². The Morgan fingerprint density at radius 3 is 1.46 bits per heavy atom. The summed E-state index contributed by atoms with van der Waals surface area (Å²) >= 11 is 0. The summed E-state index contributed by atoms with van der Waals surface area (Å²) in [6.07, 6.45) is 4.98. The van der Waals surface area contributed by atoms with Crippen molar-refractivity contribution in [3.8, 4) is 33.4 Å². The lowest BCUT2D eigenvalue weighted by molar-refractivity contribution is 0.686. The summed E-state index contributed by atoms with van der Waals surface area (Å²) in [6, 6.07) is 74.2. The summed E-state index contributed by atoms with van der Waals surface area (Å²) < 4.78 is 0. The van der Waals surface area contributed by atoms with Gasteiger partial charge in [0.2, 0.25) is 0 Å². The molecule has 8 aromatic rings. The van der Waals surface area contributed by atoms with E-state index in [2.05, 4.69) is 205 Å². The maximum Gasteiger partial charge on any atom is 0.0714 e. The number of fused-ring (bicyclic) bond motifs is 4. The van der Waals surface area contributed by atoms with Crippen molar-refractivity contribution in [2.45, 2.75) is 31.1 Å². The monoisotopic (exact) mass is 691 g/mol. The van der Waals surface area contributed by atoms with Crippen molar-refractivity contribution >= 4 is 17.1 Å². The molecule has 2 aliphatic carbocycles. The van der Waals surface area contributed by atoms with Crippen LogP contribution in [0.5, 0.6) is 0 Å². The Labute approximate surface area is 318 Å². The maximum atomic E-state index is 2.46. The Balaban J connectivity index is 1.15. The zero-order chi connectivity index (χ0) is 35.9. The second kappa shape index (κ2) is 13.5. The van der Waals surface area contributed by atoms with Gasteiger partial charge in [-0.3, -0.25) is 0 Å². The molecule has 0 saturated heterocycles. The van der Waals surface area contributed by atoms with Crippen LogP contribution in [-0.2, 0) is 18.3 Å². The van der Waals surface area contributed by atoms with E-state index in [1.807, 2.05) is 0 Å². The topological polar surface area (TPSA) is 3.24 Å². The highest BCUT2D eigenvalue weighted by Gasteiger charge is 2.46. The van der Waals surface area contributed by atoms with Gasteiger partial charge in [-0.25, -0.2) is 0 Å². The molecule has 0 aromatic heterocycles. The molecule has 1 heteroatoms. The van der Waals surface area contributed by atoms with Gasteiger partial charge in [0.1, 0.15) is 0 Å². The number of rotatable bonds is 7. The average Bonchev–Trinajstić information content (AvgIpc) is 3.55. The van der Waals surface area contributed by atoms with E-state index in [4.69, 9.17) is 0 Å². The molecule has 0 N–H and O–H groups in total. The lowest BCUT2D eigenvalue weighted by atomic mass is 9.67. The first kappa shape index (κ1) is 32.2. The van der Waals surface area contributed by atoms with Gasteiger partial charge in [-0.1, -0.05) is 164 Å². The van der Waals surface area contributed by atoms with Crippen LogP contribution in [-0.4, -0.2) is 0 Å². The zero-order valence-electron chi connectivity index (χ0n) is 30.3. The average molecular weight is 692 g/mol. The standard InChI is InChI=1S/C53H41N/c1-4-14-38(15-5-1)40-26-30-46(31-27-40)54(47-32-28-41(29-33-47)43-25-24-39-16-10-11-17-42(39)36-43)48-34-35-50-49-22-12-13-23-51(49)53(52(50)37-48,44-18-6-2-7-19-44)45-20-8-3-9-21-45/h1-9,12-15,18-37H,10-11,16-17H2. The summed E-state index contributed by atoms with van der Waals surface area (Å²) in [5.41, 5.74) is 18.7. The minimum atomic E-state index is -0.469. The summed E-state index contributed by atoms with van der Waals surface area (Å²) in [5, 5.41) is 0. The lowest BCUT2D eigenvalue weighted by Crippen LogP contribution is -2.28. The van der Waals surface area contributed by atoms with Crippen LogP contribution in [0.3, 0.4) is 0 Å². The molecule has 1 nitrogen and oxygen atoms in total. The van der Waals surface area contributed by atoms with Crippen LogP contribution in [0.15, 0.2) is 200 Å². The maximum absolute atomic E-state index is 2.46. The Kier molecular flexibility index (Phi) is 8.07. The van der Waals surface area contributed by atoms with Crippen molar-refractivity contribution in [3.05, 3.63) is 234 Å². The van der Waals surface area contributed by atoms with Crippen molar-refractivity contribution in [2.75, 3.05) is 4.90 Å². The molecule has 54 heavy (non-hydrogen) atoms. The minimum Gasteiger partial charge on any atom is -0.310 e. The molecule has 2 aliphatic rings. The predicted molar refractivity (Wildman–Crippen MR) is 226 cm³/mol. The highest BCUT2D eigenvalue weighted by atomic mass is 15.1. The molecule has 258 valence electrons. The first-order chi connectivity index (χ1) is 26.8. The van der Waals surface area contributed by atoms with Gasteiger partial charge in [0.05, 0.1) is 5.41 Å². The summed E-state index contributed by atoms with van der Waals surface area (Å²) in [7, 11) is 0. The van der Waals surface area contributed by atoms with Gasteiger partial charge in [0.25, 0.3) is 0 Å². The number of nitrogens with zero attached hydrogens (tertiary/aromatic N) is 1. The number of hydrogen-bond donors (Lipinski definition) is 0. The van der Waals surface area contributed by atoms with E-state index >= 15 is 0 Å². The Morgan fingerprint density at radius 1 is 0.333 bits per heavy atom. The van der Waals surface area contributed by atoms with Crippen molar-refractivity contribution in [1.82, 2.24) is 0 Å². The normalized spacial score (nSPS) is 13.8. The Hall–Kier alpha value is -6.44. The van der Waals surface area contributed by atoms with Crippen LogP contribution in [0.4, 0.5) is 17.1 Å². The Morgan fingerprint density at radius 2 is 0.815 bits per heavy atom. The molecule has 0 spiro atoms. The number of hydrogen-bond acceptors (Lipinski definition) is 1. The van der Waals surface area contributed by atoms with Gasteiger partial charge in [0.15, 0.2) is 0 Å². The number of anilines is 3. The third kappa shape index (κ3) is 5.39. The van der Waals surface area contributed by atoms with Gasteiger partial charge < -0.3 is 4.90 Å². The molecular weight excluding hydrogens is 651 g/mol. The van der Waals surface area contributed by atoms with E-state index in [9.17, 15) is 0 Å². The second-order valence-electron chi connectivity index (χ2n) is 14.7. The molecule has 8 aromatic carbocycles. The van der Waals surface area contributed by atoms with E-state index in [1.165, 1.54) is 92.4 Å². The van der Waals surface area contributed by atoms with Gasteiger partial charge in [-0.05, 0) is 129 Å². The SMILES string of the molecule is c1ccc(-c2ccc(N(c3ccc(-c4ccc5c(c4)CCCC5)cc3)c3ccc4c(c3)C(c3ccccc3)(c3ccccc3)c3ccccc3-4)cc2)cc1. The summed E-state index contributed by atoms with van der Waals surface area (Å²) in [5.74, 6) is 0. The third-order valence-electron chi connectivity index (χ3n) is 11.7. The number of benzene rings is 8. The molecule has 0 amide bonds. The van der Waals surface area contributed by atoms with E-state index in [1.54, 1.807) is 0 Å². The van der Waals surface area contributed by atoms with Crippen LogP contribution in [0.2, 0.25) is 0 Å². The molecule has 0 heterocycles. The Bertz CT molecular complexity index is 2530. The van der Waals surface area contributed by atoms with E-state index in [0.29, 0.717) is 0 Å². The fourth-order valence-electron chi connectivity index (χ4n) is 9.17. The largest absolute Gasteiger partial charge is 0.310 e. The molecule has 10 rings (SSSR count). The first-order valence-corrected chi connectivity index (χ1v) is 19.3. The smallest absolute Gasteiger partial charge is 0.0714 e. The molecule has 0 saturated carbocycles. The fourth-order valence-corrected chi connectivity index (χ4v) is 9.17. The van der Waals surface area contributed by atoms with Gasteiger partial charge in [-0.15, -0.1) is 0 Å². The molecule has 0 radical (unpaired) electrons. The van der Waals surface area contributed by atoms with E-state index in [0.717, 1.165) is 17.1 Å². The van der Waals surface area contributed by atoms with Crippen molar-refractivity contribution in [3.63, 3.8) is 0 Å². The van der Waals surface area contributed by atoms with Gasteiger partial charge in [0, 0.05) is 17.1 Å².